The Hall–Kier alpha value is -1.37. The lowest BCUT2D eigenvalue weighted by molar-refractivity contribution is -0.118. The summed E-state index contributed by atoms with van der Waals surface area (Å²) in [6, 6.07) is 9.11. The summed E-state index contributed by atoms with van der Waals surface area (Å²) in [6.45, 7) is 2.25. The molecule has 0 saturated heterocycles. The maximum atomic E-state index is 11.2. The number of hydrogen-bond donors (Lipinski definition) is 0. The first-order chi connectivity index (χ1) is 9.78. The molecule has 0 N–H and O–H groups in total. The van der Waals surface area contributed by atoms with Gasteiger partial charge in [0.15, 0.2) is 0 Å². The van der Waals surface area contributed by atoms with E-state index in [1.807, 2.05) is 0 Å². The van der Waals surface area contributed by atoms with E-state index in [0.717, 1.165) is 25.7 Å². The van der Waals surface area contributed by atoms with Crippen molar-refractivity contribution in [3.8, 4) is 0 Å². The molecular formula is C19H26O. The minimum Gasteiger partial charge on any atom is -0.299 e. The predicted octanol–water partition coefficient (Wildman–Crippen LogP) is 5.03. The smallest absolute Gasteiger partial charge is 0.136 e. The average molecular weight is 270 g/mol. The zero-order chi connectivity index (χ0) is 14.2. The summed E-state index contributed by atoms with van der Waals surface area (Å²) >= 11 is 0. The molecule has 0 aliphatic heterocycles. The van der Waals surface area contributed by atoms with Gasteiger partial charge in [-0.1, -0.05) is 55.7 Å². The molecule has 1 aliphatic rings. The van der Waals surface area contributed by atoms with Gasteiger partial charge in [-0.2, -0.15) is 0 Å². The van der Waals surface area contributed by atoms with Gasteiger partial charge in [-0.15, -0.1) is 0 Å². The van der Waals surface area contributed by atoms with Crippen LogP contribution in [0.1, 0.15) is 63.0 Å². The number of unbranched alkanes of at least 4 members (excludes halogenated alkanes) is 2. The van der Waals surface area contributed by atoms with Crippen LogP contribution < -0.4 is 0 Å². The normalized spacial score (nSPS) is 15.2. The molecule has 20 heavy (non-hydrogen) atoms. The Morgan fingerprint density at radius 2 is 1.60 bits per heavy atom. The second-order valence-corrected chi connectivity index (χ2v) is 5.88. The van der Waals surface area contributed by atoms with E-state index in [0.29, 0.717) is 12.2 Å². The molecule has 1 aromatic rings. The topological polar surface area (TPSA) is 17.1 Å². The van der Waals surface area contributed by atoms with Crippen LogP contribution in [0.2, 0.25) is 0 Å². The average Bonchev–Trinajstić information content (AvgIpc) is 2.48. The highest BCUT2D eigenvalue weighted by atomic mass is 16.1. The van der Waals surface area contributed by atoms with Gasteiger partial charge in [-0.3, -0.25) is 4.79 Å². The van der Waals surface area contributed by atoms with Crippen LogP contribution in [0.4, 0.5) is 0 Å². The molecular weight excluding hydrogens is 244 g/mol. The third-order valence-corrected chi connectivity index (χ3v) is 4.17. The third kappa shape index (κ3) is 4.96. The fourth-order valence-corrected chi connectivity index (χ4v) is 2.75. The highest BCUT2D eigenvalue weighted by molar-refractivity contribution is 5.81. The lowest BCUT2D eigenvalue weighted by Gasteiger charge is -2.12. The summed E-state index contributed by atoms with van der Waals surface area (Å²) in [6.07, 6.45) is 11.9. The van der Waals surface area contributed by atoms with Crippen LogP contribution in [0.15, 0.2) is 35.9 Å². The second-order valence-electron chi connectivity index (χ2n) is 5.88. The fourth-order valence-electron chi connectivity index (χ4n) is 2.75. The van der Waals surface area contributed by atoms with Crippen LogP contribution in [0, 0.1) is 0 Å². The maximum Gasteiger partial charge on any atom is 0.136 e. The van der Waals surface area contributed by atoms with E-state index in [-0.39, 0.29) is 0 Å². The van der Waals surface area contributed by atoms with Crippen molar-refractivity contribution in [3.63, 3.8) is 0 Å². The fraction of sp³-hybridized carbons (Fsp3) is 0.526. The van der Waals surface area contributed by atoms with E-state index >= 15 is 0 Å². The number of Topliss-reactive ketones (excluding diaryl/α,β-unsaturated/α-hetero) is 1. The minimum atomic E-state index is 0.394. The summed E-state index contributed by atoms with van der Waals surface area (Å²) in [4.78, 5) is 11.2. The molecule has 1 nitrogen and oxygen atoms in total. The van der Waals surface area contributed by atoms with Gasteiger partial charge in [-0.25, -0.2) is 0 Å². The van der Waals surface area contributed by atoms with Crippen molar-refractivity contribution in [2.75, 3.05) is 0 Å². The summed E-state index contributed by atoms with van der Waals surface area (Å²) < 4.78 is 0. The summed E-state index contributed by atoms with van der Waals surface area (Å²) in [5.41, 5.74) is 4.35. The highest BCUT2D eigenvalue weighted by Crippen LogP contribution is 2.20. The Balaban J connectivity index is 1.77. The van der Waals surface area contributed by atoms with Gasteiger partial charge in [0.1, 0.15) is 5.78 Å². The number of carbonyl (C=O) groups is 1. The SMILES string of the molecule is CCCCCc1ccc(CCC2=CCC(=O)CC2)cc1. The van der Waals surface area contributed by atoms with Crippen molar-refractivity contribution in [1.29, 1.82) is 0 Å². The van der Waals surface area contributed by atoms with Crippen LogP contribution in [0.3, 0.4) is 0 Å². The van der Waals surface area contributed by atoms with Crippen molar-refractivity contribution >= 4 is 5.78 Å². The lowest BCUT2D eigenvalue weighted by Crippen LogP contribution is -2.04. The van der Waals surface area contributed by atoms with Gasteiger partial charge >= 0.3 is 0 Å². The molecule has 0 bridgehead atoms. The third-order valence-electron chi connectivity index (χ3n) is 4.17. The van der Waals surface area contributed by atoms with Crippen LogP contribution in [0.5, 0.6) is 0 Å². The Morgan fingerprint density at radius 3 is 2.20 bits per heavy atom. The Bertz CT molecular complexity index is 453. The van der Waals surface area contributed by atoms with Crippen LogP contribution >= 0.6 is 0 Å². The van der Waals surface area contributed by atoms with Gasteiger partial charge in [0, 0.05) is 12.8 Å². The molecule has 1 aromatic carbocycles. The first kappa shape index (κ1) is 15.0. The summed E-state index contributed by atoms with van der Waals surface area (Å²) in [7, 11) is 0. The molecule has 0 aromatic heterocycles. The monoisotopic (exact) mass is 270 g/mol. The quantitative estimate of drug-likeness (QED) is 0.501. The minimum absolute atomic E-state index is 0.394. The number of aryl methyl sites for hydroxylation is 2. The predicted molar refractivity (Wildman–Crippen MR) is 84.9 cm³/mol. The van der Waals surface area contributed by atoms with Crippen LogP contribution in [-0.2, 0) is 17.6 Å². The number of carbonyl (C=O) groups excluding carboxylic acids is 1. The lowest BCUT2D eigenvalue weighted by atomic mass is 9.93. The summed E-state index contributed by atoms with van der Waals surface area (Å²) in [5.74, 6) is 0.394. The van der Waals surface area contributed by atoms with E-state index in [1.165, 1.54) is 42.4 Å². The number of benzene rings is 1. The molecule has 108 valence electrons. The Labute approximate surface area is 123 Å². The standard InChI is InChI=1S/C19H26O/c1-2-3-4-5-16-6-8-17(9-7-16)10-11-18-12-14-19(20)15-13-18/h6-9,12H,2-5,10-11,13-15H2,1H3. The molecule has 1 aliphatic carbocycles. The van der Waals surface area contributed by atoms with Gasteiger partial charge in [0.05, 0.1) is 0 Å². The molecule has 0 spiro atoms. The van der Waals surface area contributed by atoms with E-state index in [2.05, 4.69) is 37.3 Å². The Kier molecular flexibility index (Phi) is 6.04. The molecule has 0 heterocycles. The van der Waals surface area contributed by atoms with Gasteiger partial charge < -0.3 is 0 Å². The van der Waals surface area contributed by atoms with Gasteiger partial charge in [-0.05, 0) is 43.2 Å². The Morgan fingerprint density at radius 1 is 0.900 bits per heavy atom. The van der Waals surface area contributed by atoms with Crippen molar-refractivity contribution in [3.05, 3.63) is 47.0 Å². The highest BCUT2D eigenvalue weighted by Gasteiger charge is 2.09. The first-order valence-corrected chi connectivity index (χ1v) is 8.05. The molecule has 1 heteroatoms. The molecule has 0 amide bonds. The zero-order valence-corrected chi connectivity index (χ0v) is 12.7. The van der Waals surface area contributed by atoms with Crippen molar-refractivity contribution in [2.24, 2.45) is 0 Å². The molecule has 2 rings (SSSR count). The molecule has 0 atom stereocenters. The molecule has 0 fully saturated rings. The summed E-state index contributed by atoms with van der Waals surface area (Å²) in [5, 5.41) is 0. The van der Waals surface area contributed by atoms with E-state index in [9.17, 15) is 4.79 Å². The largest absolute Gasteiger partial charge is 0.299 e. The number of ketones is 1. The number of rotatable bonds is 7. The van der Waals surface area contributed by atoms with E-state index < -0.39 is 0 Å². The van der Waals surface area contributed by atoms with Gasteiger partial charge in [0.2, 0.25) is 0 Å². The first-order valence-electron chi connectivity index (χ1n) is 8.05. The molecule has 0 radical (unpaired) electrons. The zero-order valence-electron chi connectivity index (χ0n) is 12.7. The van der Waals surface area contributed by atoms with Crippen molar-refractivity contribution in [2.45, 2.75) is 64.7 Å². The molecule has 0 unspecified atom stereocenters. The number of allylic oxidation sites excluding steroid dienone is 2. The van der Waals surface area contributed by atoms with Crippen LogP contribution in [-0.4, -0.2) is 5.78 Å². The van der Waals surface area contributed by atoms with Crippen molar-refractivity contribution in [1.82, 2.24) is 0 Å². The molecule has 0 saturated carbocycles. The van der Waals surface area contributed by atoms with E-state index in [1.54, 1.807) is 0 Å². The van der Waals surface area contributed by atoms with Crippen LogP contribution in [0.25, 0.3) is 0 Å². The maximum absolute atomic E-state index is 11.2. The number of hydrogen-bond acceptors (Lipinski definition) is 1. The van der Waals surface area contributed by atoms with E-state index in [4.69, 9.17) is 0 Å². The van der Waals surface area contributed by atoms with Gasteiger partial charge in [0.25, 0.3) is 0 Å². The van der Waals surface area contributed by atoms with Crippen molar-refractivity contribution < 1.29 is 4.79 Å². The second kappa shape index (κ2) is 8.04.